The van der Waals surface area contributed by atoms with Crippen LogP contribution in [0.2, 0.25) is 0 Å². The SMILES string of the molecule is [O-][NH+]1[C]=Nc2ccccc2[S+]1[O-]. The van der Waals surface area contributed by atoms with Crippen LogP contribution in [0.1, 0.15) is 0 Å². The molecule has 0 fully saturated rings. The Balaban J connectivity index is 2.52. The van der Waals surface area contributed by atoms with Crippen LogP contribution >= 0.6 is 0 Å². The number of hydroxylamine groups is 1. The van der Waals surface area contributed by atoms with Crippen LogP contribution in [0.5, 0.6) is 0 Å². The lowest BCUT2D eigenvalue weighted by Gasteiger charge is -2.19. The van der Waals surface area contributed by atoms with Crippen LogP contribution in [0.3, 0.4) is 0 Å². The predicted octanol–water partition coefficient (Wildman–Crippen LogP) is -0.358. The molecule has 1 aromatic rings. The third-order valence-corrected chi connectivity index (χ3v) is 2.67. The molecule has 12 heavy (non-hydrogen) atoms. The molecular weight excluding hydrogens is 176 g/mol. The summed E-state index contributed by atoms with van der Waals surface area (Å²) in [5, 5.41) is 10.9. The summed E-state index contributed by atoms with van der Waals surface area (Å²) in [4.78, 5) is 4.21. The fraction of sp³-hybridized carbons (Fsp3) is 0. The average Bonchev–Trinajstić information content (AvgIpc) is 2.12. The first-order valence-electron chi connectivity index (χ1n) is 3.30. The molecule has 1 N–H and O–H groups in total. The van der Waals surface area contributed by atoms with Gasteiger partial charge in [0.2, 0.25) is 4.90 Å². The van der Waals surface area contributed by atoms with Crippen molar-refractivity contribution in [2.24, 2.45) is 4.99 Å². The lowest BCUT2D eigenvalue weighted by molar-refractivity contribution is -0.584. The molecule has 2 rings (SSSR count). The molecule has 1 aliphatic heterocycles. The van der Waals surface area contributed by atoms with E-state index in [0.29, 0.717) is 10.6 Å². The first kappa shape index (κ1) is 7.75. The van der Waals surface area contributed by atoms with Crippen LogP contribution in [0.15, 0.2) is 34.2 Å². The van der Waals surface area contributed by atoms with E-state index in [2.05, 4.69) is 11.3 Å². The quantitative estimate of drug-likeness (QED) is 0.439. The van der Waals surface area contributed by atoms with Crippen LogP contribution in [-0.2, 0) is 11.4 Å². The van der Waals surface area contributed by atoms with E-state index in [4.69, 9.17) is 0 Å². The highest BCUT2D eigenvalue weighted by atomic mass is 32.2. The Hall–Kier alpha value is -0.880. The summed E-state index contributed by atoms with van der Waals surface area (Å²) < 4.78 is 10.7. The molecule has 1 radical (unpaired) electrons. The smallest absolute Gasteiger partial charge is 0.360 e. The second-order valence-corrected chi connectivity index (χ2v) is 3.60. The standard InChI is InChI=1S/C7H5N2O2S/c10-9-5-8-6-3-1-2-4-7(6)12(9)11/h1-4,9H. The number of rotatable bonds is 0. The van der Waals surface area contributed by atoms with Gasteiger partial charge >= 0.3 is 6.34 Å². The average molecular weight is 181 g/mol. The molecule has 0 bridgehead atoms. The third-order valence-electron chi connectivity index (χ3n) is 1.50. The lowest BCUT2D eigenvalue weighted by atomic mass is 10.3. The van der Waals surface area contributed by atoms with Crippen LogP contribution < -0.4 is 4.47 Å². The van der Waals surface area contributed by atoms with Crippen molar-refractivity contribution in [1.82, 2.24) is 0 Å². The number of aliphatic imine (C=N–C) groups is 1. The Labute approximate surface area is 72.4 Å². The van der Waals surface area contributed by atoms with Crippen LogP contribution in [-0.4, -0.2) is 10.9 Å². The molecule has 1 heterocycles. The molecule has 4 nitrogen and oxygen atoms in total. The van der Waals surface area contributed by atoms with E-state index in [9.17, 15) is 9.76 Å². The van der Waals surface area contributed by atoms with Crippen LogP contribution in [0.25, 0.3) is 0 Å². The van der Waals surface area contributed by atoms with E-state index in [0.717, 1.165) is 0 Å². The molecule has 1 aromatic carbocycles. The zero-order chi connectivity index (χ0) is 8.55. The molecule has 0 saturated heterocycles. The molecular formula is C7H5N2O2S. The highest BCUT2D eigenvalue weighted by molar-refractivity contribution is 7.85. The molecule has 1 aliphatic rings. The van der Waals surface area contributed by atoms with E-state index >= 15 is 0 Å². The second-order valence-electron chi connectivity index (χ2n) is 2.25. The Morgan fingerprint density at radius 2 is 2.17 bits per heavy atom. The number of para-hydroxylation sites is 1. The third kappa shape index (κ3) is 1.12. The molecule has 0 amide bonds. The number of hydrogen-bond donors (Lipinski definition) is 1. The van der Waals surface area contributed by atoms with Crippen LogP contribution in [0.4, 0.5) is 5.69 Å². The van der Waals surface area contributed by atoms with Crippen LogP contribution in [0, 0.1) is 5.21 Å². The second kappa shape index (κ2) is 2.87. The van der Waals surface area contributed by atoms with Gasteiger partial charge in [0.15, 0.2) is 11.4 Å². The van der Waals surface area contributed by atoms with Gasteiger partial charge in [-0.1, -0.05) is 12.1 Å². The van der Waals surface area contributed by atoms with Crippen molar-refractivity contribution in [3.63, 3.8) is 0 Å². The highest BCUT2D eigenvalue weighted by Crippen LogP contribution is 2.23. The number of benzene rings is 1. The number of nitrogens with one attached hydrogen (secondary N) is 1. The highest BCUT2D eigenvalue weighted by Gasteiger charge is 2.27. The summed E-state index contributed by atoms with van der Waals surface area (Å²) in [5.74, 6) is 0. The fourth-order valence-corrected chi connectivity index (χ4v) is 1.79. The minimum absolute atomic E-state index is 0.473. The van der Waals surface area contributed by atoms with Crippen molar-refractivity contribution in [3.8, 4) is 0 Å². The summed E-state index contributed by atoms with van der Waals surface area (Å²) >= 11 is -1.60. The summed E-state index contributed by atoms with van der Waals surface area (Å²) in [7, 11) is 0. The van der Waals surface area contributed by atoms with Crippen molar-refractivity contribution < 1.29 is 9.02 Å². The maximum absolute atomic E-state index is 11.3. The Bertz CT molecular complexity index is 329. The van der Waals surface area contributed by atoms with Gasteiger partial charge in [-0.25, -0.2) is 0 Å². The first-order valence-corrected chi connectivity index (χ1v) is 4.45. The van der Waals surface area contributed by atoms with E-state index in [1.807, 2.05) is 0 Å². The van der Waals surface area contributed by atoms with Crippen molar-refractivity contribution in [1.29, 1.82) is 0 Å². The predicted molar refractivity (Wildman–Crippen MR) is 44.3 cm³/mol. The number of fused-ring (bicyclic) bond motifs is 1. The monoisotopic (exact) mass is 181 g/mol. The largest absolute Gasteiger partial charge is 0.581 e. The molecule has 0 spiro atoms. The van der Waals surface area contributed by atoms with Gasteiger partial charge in [-0.15, -0.1) is 4.47 Å². The fourth-order valence-electron chi connectivity index (χ4n) is 0.953. The van der Waals surface area contributed by atoms with E-state index < -0.39 is 15.8 Å². The molecule has 5 heteroatoms. The Morgan fingerprint density at radius 3 is 3.00 bits per heavy atom. The minimum Gasteiger partial charge on any atom is -0.581 e. The normalized spacial score (nSPS) is 26.8. The summed E-state index contributed by atoms with van der Waals surface area (Å²) in [6.07, 6.45) is 2.17. The number of hydrogen-bond acceptors (Lipinski definition) is 3. The Morgan fingerprint density at radius 1 is 1.42 bits per heavy atom. The molecule has 2 unspecified atom stereocenters. The Kier molecular flexibility index (Phi) is 1.86. The summed E-state index contributed by atoms with van der Waals surface area (Å²) in [5.41, 5.74) is 0.565. The van der Waals surface area contributed by atoms with Gasteiger partial charge in [0.25, 0.3) is 0 Å². The molecule has 61 valence electrons. The van der Waals surface area contributed by atoms with E-state index in [1.165, 1.54) is 0 Å². The lowest BCUT2D eigenvalue weighted by Crippen LogP contribution is -3.08. The number of quaternary nitrogens is 1. The first-order chi connectivity index (χ1) is 5.79. The zero-order valence-electron chi connectivity index (χ0n) is 5.98. The van der Waals surface area contributed by atoms with Gasteiger partial charge in [0.1, 0.15) is 5.69 Å². The number of nitrogens with zero attached hydrogens (tertiary/aromatic N) is 1. The molecule has 0 saturated carbocycles. The molecule has 0 aliphatic carbocycles. The van der Waals surface area contributed by atoms with Crippen molar-refractivity contribution in [2.75, 3.05) is 0 Å². The summed E-state index contributed by atoms with van der Waals surface area (Å²) in [6.45, 7) is 0. The van der Waals surface area contributed by atoms with Gasteiger partial charge in [-0.05, 0) is 6.07 Å². The van der Waals surface area contributed by atoms with Crippen molar-refractivity contribution >= 4 is 23.4 Å². The van der Waals surface area contributed by atoms with Gasteiger partial charge in [0.05, 0.1) is 0 Å². The zero-order valence-corrected chi connectivity index (χ0v) is 6.80. The van der Waals surface area contributed by atoms with Crippen molar-refractivity contribution in [2.45, 2.75) is 4.90 Å². The van der Waals surface area contributed by atoms with E-state index in [-0.39, 0.29) is 0 Å². The van der Waals surface area contributed by atoms with Gasteiger partial charge in [-0.3, -0.25) is 0 Å². The van der Waals surface area contributed by atoms with Gasteiger partial charge in [-0.2, -0.15) is 4.99 Å². The maximum atomic E-state index is 11.3. The van der Waals surface area contributed by atoms with E-state index in [1.54, 1.807) is 24.3 Å². The van der Waals surface area contributed by atoms with Gasteiger partial charge < -0.3 is 9.76 Å². The maximum Gasteiger partial charge on any atom is 0.360 e. The van der Waals surface area contributed by atoms with Crippen molar-refractivity contribution in [3.05, 3.63) is 29.5 Å². The topological polar surface area (TPSA) is 62.9 Å². The van der Waals surface area contributed by atoms with Gasteiger partial charge in [0, 0.05) is 6.07 Å². The summed E-state index contributed by atoms with van der Waals surface area (Å²) in [6, 6.07) is 6.84. The molecule has 2 atom stereocenters. The minimum atomic E-state index is -1.60. The molecule has 0 aromatic heterocycles.